The Morgan fingerprint density at radius 2 is 1.71 bits per heavy atom. The molecule has 4 aliphatic carbocycles. The molecule has 9 fully saturated rings. The van der Waals surface area contributed by atoms with Gasteiger partial charge in [-0.2, -0.15) is 5.26 Å². The van der Waals surface area contributed by atoms with Gasteiger partial charge in [0.1, 0.15) is 12.3 Å². The fraction of sp³-hybridized carbons (Fsp3) is 0.938. The van der Waals surface area contributed by atoms with Crippen molar-refractivity contribution in [2.45, 2.75) is 214 Å². The fourth-order valence-corrected chi connectivity index (χ4v) is 16.5. The van der Waals surface area contributed by atoms with Crippen LogP contribution < -0.4 is 32.3 Å². The number of piperidine rings is 1. The summed E-state index contributed by atoms with van der Waals surface area (Å²) in [5, 5.41) is 17.2. The number of ether oxygens (including phenoxy) is 2. The molecule has 13 nitrogen and oxygen atoms in total. The summed E-state index contributed by atoms with van der Waals surface area (Å²) in [6, 6.07) is 2.56. The molecular weight excluding hydrogens is 832 g/mol. The number of hydrogen-bond acceptors (Lipinski definition) is 13. The van der Waals surface area contributed by atoms with Gasteiger partial charge >= 0.3 is 0 Å². The highest BCUT2D eigenvalue weighted by atomic mass is 35.5. The van der Waals surface area contributed by atoms with Gasteiger partial charge < -0.3 is 14.8 Å². The quantitative estimate of drug-likeness (QED) is 0.144. The zero-order valence-electron chi connectivity index (χ0n) is 38.5. The summed E-state index contributed by atoms with van der Waals surface area (Å²) < 4.78 is 12.5. The first-order valence-electron chi connectivity index (χ1n) is 25.7. The Kier molecular flexibility index (Phi) is 14.4. The van der Waals surface area contributed by atoms with E-state index in [9.17, 15) is 10.1 Å². The third-order valence-corrected chi connectivity index (χ3v) is 20.3. The Morgan fingerprint density at radius 3 is 2.41 bits per heavy atom. The summed E-state index contributed by atoms with van der Waals surface area (Å²) in [6.07, 6.45) is 22.7. The first kappa shape index (κ1) is 45.7. The lowest BCUT2D eigenvalue weighted by Crippen LogP contribution is -2.63. The molecule has 6 N–H and O–H groups in total. The van der Waals surface area contributed by atoms with E-state index in [1.54, 1.807) is 5.71 Å². The van der Waals surface area contributed by atoms with Crippen molar-refractivity contribution in [2.75, 3.05) is 26.2 Å². The van der Waals surface area contributed by atoms with Gasteiger partial charge in [-0.3, -0.25) is 24.9 Å². The van der Waals surface area contributed by atoms with Crippen LogP contribution in [0.2, 0.25) is 0 Å². The molecule has 6 heterocycles. The van der Waals surface area contributed by atoms with Crippen molar-refractivity contribution in [3.8, 4) is 6.07 Å². The van der Waals surface area contributed by atoms with Crippen molar-refractivity contribution in [2.24, 2.45) is 45.9 Å². The van der Waals surface area contributed by atoms with Gasteiger partial charge in [0.15, 0.2) is 0 Å². The number of nitriles is 1. The van der Waals surface area contributed by atoms with Crippen LogP contribution in [-0.4, -0.2) is 119 Å². The third-order valence-electron chi connectivity index (χ3n) is 18.2. The lowest BCUT2D eigenvalue weighted by molar-refractivity contribution is -0.126. The SMILES string of the molecule is CC1SC2C(C(C3CCC(CC4CC5(CCN(C6CCC(C(=O)NC7CCC(OC8CCC(C#N)C(Cl)C8)CC7)NN6)CC5)C4)CC3)=N[C@@H](CC3NCCO3)C3NNC(C)N23)C1C. The van der Waals surface area contributed by atoms with Crippen LogP contribution in [0.25, 0.3) is 0 Å². The van der Waals surface area contributed by atoms with Crippen molar-refractivity contribution in [3.05, 3.63) is 0 Å². The lowest BCUT2D eigenvalue weighted by atomic mass is 9.55. The number of rotatable bonds is 10. The van der Waals surface area contributed by atoms with Crippen molar-refractivity contribution in [3.63, 3.8) is 0 Å². The van der Waals surface area contributed by atoms with Gasteiger partial charge in [-0.1, -0.05) is 13.8 Å². The van der Waals surface area contributed by atoms with Crippen molar-refractivity contribution in [1.82, 2.24) is 42.1 Å². The third kappa shape index (κ3) is 9.93. The standard InChI is InChI=1S/C48H79ClN10O3S/c1-28-29(2)63-47-43(28)44(53-40(24-42-51-18-21-61-42)45-57-54-30(3)59(45)47)33-6-4-31(5-7-33)22-32-25-48(26-32)16-19-58(20-17-48)41-15-14-39(55-56-41)46(60)52-35-9-12-36(13-10-35)62-37-11-8-34(27-50)38(49)23-37/h28-43,45,47,51,54-57H,4-26H2,1-3H3,(H,52,60)/t28?,29?,30?,31?,33?,34?,35?,36?,37?,38?,39?,40-,41?,42?,43?,45?,47?/m0/s1. The van der Waals surface area contributed by atoms with Gasteiger partial charge in [-0.05, 0) is 152 Å². The van der Waals surface area contributed by atoms with E-state index < -0.39 is 0 Å². The average Bonchev–Trinajstić information content (AvgIpc) is 3.99. The monoisotopic (exact) mass is 911 g/mol. The molecule has 12 unspecified atom stereocenters. The van der Waals surface area contributed by atoms with Gasteiger partial charge in [0.2, 0.25) is 5.91 Å². The number of carbonyl (C=O) groups is 1. The second-order valence-corrected chi connectivity index (χ2v) is 24.2. The van der Waals surface area contributed by atoms with Crippen LogP contribution in [0.1, 0.15) is 143 Å². The van der Waals surface area contributed by atoms with Crippen LogP contribution in [0.3, 0.4) is 0 Å². The van der Waals surface area contributed by atoms with E-state index in [0.717, 1.165) is 102 Å². The number of halogens is 1. The van der Waals surface area contributed by atoms with Gasteiger partial charge in [-0.25, -0.2) is 21.7 Å². The summed E-state index contributed by atoms with van der Waals surface area (Å²) in [4.78, 5) is 24.5. The highest BCUT2D eigenvalue weighted by Gasteiger charge is 2.55. The van der Waals surface area contributed by atoms with Crippen LogP contribution in [0.5, 0.6) is 0 Å². The number of carbonyl (C=O) groups excluding carboxylic acids is 1. The molecule has 13 atom stereocenters. The second kappa shape index (κ2) is 19.9. The summed E-state index contributed by atoms with van der Waals surface area (Å²) in [5.41, 5.74) is 16.4. The highest BCUT2D eigenvalue weighted by Crippen LogP contribution is 2.56. The maximum absolute atomic E-state index is 13.3. The molecule has 63 heavy (non-hydrogen) atoms. The van der Waals surface area contributed by atoms with E-state index in [4.69, 9.17) is 26.1 Å². The van der Waals surface area contributed by atoms with Crippen LogP contribution >= 0.6 is 23.4 Å². The lowest BCUT2D eigenvalue weighted by Gasteiger charge is -2.54. The van der Waals surface area contributed by atoms with Crippen molar-refractivity contribution in [1.29, 1.82) is 5.26 Å². The molecule has 5 saturated heterocycles. The van der Waals surface area contributed by atoms with Gasteiger partial charge in [0.25, 0.3) is 0 Å². The summed E-state index contributed by atoms with van der Waals surface area (Å²) in [5.74, 6) is 3.63. The first-order chi connectivity index (χ1) is 30.6. The smallest absolute Gasteiger partial charge is 0.238 e. The summed E-state index contributed by atoms with van der Waals surface area (Å²) >= 11 is 8.64. The van der Waals surface area contributed by atoms with Crippen molar-refractivity contribution < 1.29 is 14.3 Å². The van der Waals surface area contributed by atoms with Crippen LogP contribution in [-0.2, 0) is 14.3 Å². The molecule has 15 heteroatoms. The van der Waals surface area contributed by atoms with E-state index in [-0.39, 0.29) is 59.9 Å². The molecule has 1 spiro atoms. The molecule has 1 amide bonds. The van der Waals surface area contributed by atoms with Gasteiger partial charge in [0, 0.05) is 49.0 Å². The molecule has 0 radical (unpaired) electrons. The second-order valence-electron chi connectivity index (χ2n) is 22.1. The molecular formula is C48H79ClN10O3S. The first-order valence-corrected chi connectivity index (χ1v) is 27.1. The number of amides is 1. The molecule has 0 aromatic heterocycles. The average molecular weight is 912 g/mol. The maximum atomic E-state index is 13.3. The summed E-state index contributed by atoms with van der Waals surface area (Å²) in [6.45, 7) is 11.3. The van der Waals surface area contributed by atoms with Gasteiger partial charge in [-0.15, -0.1) is 23.4 Å². The Morgan fingerprint density at radius 1 is 0.937 bits per heavy atom. The number of hydrazine groups is 2. The van der Waals surface area contributed by atoms with Crippen molar-refractivity contribution >= 4 is 35.0 Å². The molecule has 0 aromatic rings. The van der Waals surface area contributed by atoms with Crippen LogP contribution in [0.15, 0.2) is 4.99 Å². The van der Waals surface area contributed by atoms with E-state index in [0.29, 0.717) is 46.1 Å². The Balaban J connectivity index is 0.636. The number of hydrogen-bond donors (Lipinski definition) is 6. The summed E-state index contributed by atoms with van der Waals surface area (Å²) in [7, 11) is 0. The number of thioether (sulfide) groups is 1. The van der Waals surface area contributed by atoms with Crippen LogP contribution in [0, 0.1) is 52.3 Å². The molecule has 0 aromatic carbocycles. The number of nitrogens with zero attached hydrogens (tertiary/aromatic N) is 4. The zero-order valence-corrected chi connectivity index (χ0v) is 40.0. The zero-order chi connectivity index (χ0) is 43.2. The van der Waals surface area contributed by atoms with Gasteiger partial charge in [0.05, 0.1) is 66.1 Å². The molecule has 6 aliphatic heterocycles. The minimum atomic E-state index is -0.182. The predicted octanol–water partition coefficient (Wildman–Crippen LogP) is 5.96. The number of likely N-dealkylation sites (tertiary alicyclic amines) is 1. The number of nitrogens with one attached hydrogen (secondary N) is 6. The topological polar surface area (TPSA) is 150 Å². The number of aliphatic imine (C=N–C) groups is 1. The number of fused-ring (bicyclic) bond motifs is 3. The van der Waals surface area contributed by atoms with E-state index in [2.05, 4.69) is 80.7 Å². The maximum Gasteiger partial charge on any atom is 0.238 e. The Labute approximate surface area is 387 Å². The van der Waals surface area contributed by atoms with E-state index >= 15 is 0 Å². The molecule has 0 bridgehead atoms. The minimum absolute atomic E-state index is 0.0503. The molecule has 10 aliphatic rings. The molecule has 4 saturated carbocycles. The highest BCUT2D eigenvalue weighted by molar-refractivity contribution is 8.00. The van der Waals surface area contributed by atoms with E-state index in [1.807, 2.05) is 0 Å². The normalized spacial score (nSPS) is 46.0. The van der Waals surface area contributed by atoms with E-state index in [1.165, 1.54) is 57.8 Å². The predicted molar refractivity (Wildman–Crippen MR) is 249 cm³/mol. The Bertz CT molecular complexity index is 1630. The minimum Gasteiger partial charge on any atom is -0.375 e. The molecule has 10 rings (SSSR count). The van der Waals surface area contributed by atoms with Crippen LogP contribution in [0.4, 0.5) is 0 Å². The largest absolute Gasteiger partial charge is 0.375 e. The number of alkyl halides is 1. The molecule has 352 valence electrons. The Hall–Kier alpha value is -1.09. The fourth-order valence-electron chi connectivity index (χ4n) is 14.3.